The first-order chi connectivity index (χ1) is 12.9. The minimum atomic E-state index is 0.202. The quantitative estimate of drug-likeness (QED) is 0.663. The number of carbonyl (C=O) groups is 1. The molecule has 5 nitrogen and oxygen atoms in total. The topological polar surface area (TPSA) is 58.1 Å². The fraction of sp³-hybridized carbons (Fsp3) is 0.550. The number of nitrogens with one attached hydrogen (secondary N) is 1. The van der Waals surface area contributed by atoms with Crippen LogP contribution in [0.2, 0.25) is 0 Å². The van der Waals surface area contributed by atoms with E-state index >= 15 is 0 Å². The van der Waals surface area contributed by atoms with Crippen molar-refractivity contribution in [2.75, 3.05) is 11.1 Å². The third kappa shape index (κ3) is 5.23. The van der Waals surface area contributed by atoms with Gasteiger partial charge in [0, 0.05) is 17.8 Å². The van der Waals surface area contributed by atoms with Gasteiger partial charge in [0.05, 0.1) is 5.75 Å². The van der Waals surface area contributed by atoms with Crippen molar-refractivity contribution in [1.82, 2.24) is 15.1 Å². The van der Waals surface area contributed by atoms with Crippen molar-refractivity contribution in [3.05, 3.63) is 29.8 Å². The number of carbonyl (C=O) groups excluding carboxylic acids is 1. The number of rotatable bonds is 6. The molecule has 1 fully saturated rings. The summed E-state index contributed by atoms with van der Waals surface area (Å²) in [5.41, 5.74) is 2.31. The molecule has 1 aliphatic rings. The summed E-state index contributed by atoms with van der Waals surface area (Å²) in [6, 6.07) is 9.05. The van der Waals surface area contributed by atoms with E-state index in [0.29, 0.717) is 23.8 Å². The van der Waals surface area contributed by atoms with Gasteiger partial charge in [-0.2, -0.15) is 0 Å². The van der Waals surface area contributed by atoms with E-state index < -0.39 is 0 Å². The number of hydrogen-bond acceptors (Lipinski definition) is 6. The van der Waals surface area contributed by atoms with Gasteiger partial charge in [-0.15, -0.1) is 10.2 Å². The van der Waals surface area contributed by atoms with E-state index in [1.807, 2.05) is 4.90 Å². The molecular weight excluding hydrogens is 376 g/mol. The predicted octanol–water partition coefficient (Wildman–Crippen LogP) is 5.29. The minimum Gasteiger partial charge on any atom is -0.337 e. The van der Waals surface area contributed by atoms with Crippen molar-refractivity contribution in [1.29, 1.82) is 0 Å². The molecule has 146 valence electrons. The molecule has 0 aliphatic carbocycles. The Balaban J connectivity index is 1.54. The van der Waals surface area contributed by atoms with Crippen LogP contribution in [0.15, 0.2) is 28.6 Å². The van der Waals surface area contributed by atoms with Gasteiger partial charge in [0.25, 0.3) is 0 Å². The van der Waals surface area contributed by atoms with Crippen LogP contribution in [0.3, 0.4) is 0 Å². The van der Waals surface area contributed by atoms with Crippen LogP contribution in [0, 0.1) is 0 Å². The van der Waals surface area contributed by atoms with Crippen LogP contribution in [0.4, 0.5) is 10.8 Å². The van der Waals surface area contributed by atoms with Crippen LogP contribution >= 0.6 is 23.1 Å². The average Bonchev–Trinajstić information content (AvgIpc) is 3.07. The molecule has 1 amide bonds. The maximum absolute atomic E-state index is 12.6. The second-order valence-corrected chi connectivity index (χ2v) is 9.69. The molecule has 0 saturated carbocycles. The zero-order valence-electron chi connectivity index (χ0n) is 16.4. The Hall–Kier alpha value is -1.60. The number of benzene rings is 1. The molecule has 1 N–H and O–H groups in total. The highest BCUT2D eigenvalue weighted by atomic mass is 32.2. The molecule has 0 unspecified atom stereocenters. The summed E-state index contributed by atoms with van der Waals surface area (Å²) in [6.45, 7) is 8.66. The Labute approximate surface area is 170 Å². The second kappa shape index (κ2) is 9.06. The average molecular weight is 405 g/mol. The Morgan fingerprint density at radius 1 is 1.22 bits per heavy atom. The van der Waals surface area contributed by atoms with E-state index in [2.05, 4.69) is 67.5 Å². The molecule has 0 spiro atoms. The fourth-order valence-corrected chi connectivity index (χ4v) is 5.15. The van der Waals surface area contributed by atoms with Gasteiger partial charge >= 0.3 is 0 Å². The van der Waals surface area contributed by atoms with Gasteiger partial charge in [0.1, 0.15) is 0 Å². The number of anilines is 2. The number of piperidine rings is 1. The molecular formula is C20H28N4OS2. The zero-order valence-corrected chi connectivity index (χ0v) is 18.1. The molecule has 27 heavy (non-hydrogen) atoms. The Morgan fingerprint density at radius 3 is 2.52 bits per heavy atom. The van der Waals surface area contributed by atoms with E-state index in [4.69, 9.17) is 0 Å². The second-order valence-electron chi connectivity index (χ2n) is 7.49. The first-order valence-electron chi connectivity index (χ1n) is 9.58. The summed E-state index contributed by atoms with van der Waals surface area (Å²) in [7, 11) is 0. The molecule has 2 atom stereocenters. The summed E-state index contributed by atoms with van der Waals surface area (Å²) >= 11 is 2.97. The van der Waals surface area contributed by atoms with Crippen molar-refractivity contribution in [3.8, 4) is 0 Å². The summed E-state index contributed by atoms with van der Waals surface area (Å²) in [6.07, 6.45) is 3.41. The molecule has 0 bridgehead atoms. The number of thioether (sulfide) groups is 1. The third-order valence-corrected chi connectivity index (χ3v) is 6.99. The summed E-state index contributed by atoms with van der Waals surface area (Å²) in [5.74, 6) is 1.15. The molecule has 1 aliphatic heterocycles. The molecule has 1 saturated heterocycles. The van der Waals surface area contributed by atoms with Gasteiger partial charge < -0.3 is 10.2 Å². The summed E-state index contributed by atoms with van der Waals surface area (Å²) in [5, 5.41) is 12.5. The Kier molecular flexibility index (Phi) is 6.76. The lowest BCUT2D eigenvalue weighted by atomic mass is 9.98. The van der Waals surface area contributed by atoms with Crippen molar-refractivity contribution >= 4 is 39.8 Å². The van der Waals surface area contributed by atoms with Gasteiger partial charge in [-0.3, -0.25) is 4.79 Å². The van der Waals surface area contributed by atoms with Gasteiger partial charge in [0.2, 0.25) is 11.0 Å². The normalized spacial score (nSPS) is 20.1. The van der Waals surface area contributed by atoms with E-state index in [-0.39, 0.29) is 5.91 Å². The van der Waals surface area contributed by atoms with Crippen molar-refractivity contribution in [2.45, 2.75) is 69.3 Å². The molecule has 7 heteroatoms. The van der Waals surface area contributed by atoms with E-state index in [9.17, 15) is 4.79 Å². The van der Waals surface area contributed by atoms with Gasteiger partial charge in [-0.1, -0.05) is 49.1 Å². The maximum Gasteiger partial charge on any atom is 0.233 e. The predicted molar refractivity (Wildman–Crippen MR) is 114 cm³/mol. The summed E-state index contributed by atoms with van der Waals surface area (Å²) in [4.78, 5) is 14.7. The van der Waals surface area contributed by atoms with E-state index in [1.54, 1.807) is 0 Å². The van der Waals surface area contributed by atoms with Crippen LogP contribution in [0.5, 0.6) is 0 Å². The molecule has 1 aromatic heterocycles. The van der Waals surface area contributed by atoms with Gasteiger partial charge in [0.15, 0.2) is 4.34 Å². The third-order valence-electron chi connectivity index (χ3n) is 5.04. The Bertz CT molecular complexity index is 750. The first kappa shape index (κ1) is 20.1. The zero-order chi connectivity index (χ0) is 19.4. The molecule has 3 rings (SSSR count). The number of aromatic nitrogens is 2. The standard InChI is InChI=1S/C20H28N4OS2/c1-13(2)16-8-10-17(11-9-16)21-19-22-23-20(27-19)26-12-18(25)24-14(3)6-5-7-15(24)4/h8-11,13-15H,5-7,12H2,1-4H3,(H,21,22)/t14-,15+. The number of hydrogen-bond donors (Lipinski definition) is 1. The van der Waals surface area contributed by atoms with Crippen LogP contribution in [-0.4, -0.2) is 38.8 Å². The van der Waals surface area contributed by atoms with Gasteiger partial charge in [-0.05, 0) is 56.7 Å². The Morgan fingerprint density at radius 2 is 1.89 bits per heavy atom. The highest BCUT2D eigenvalue weighted by Gasteiger charge is 2.28. The lowest BCUT2D eigenvalue weighted by Gasteiger charge is -2.39. The summed E-state index contributed by atoms with van der Waals surface area (Å²) < 4.78 is 0.821. The number of amides is 1. The van der Waals surface area contributed by atoms with Crippen molar-refractivity contribution in [2.24, 2.45) is 0 Å². The van der Waals surface area contributed by atoms with Crippen LogP contribution in [-0.2, 0) is 4.79 Å². The highest BCUT2D eigenvalue weighted by molar-refractivity contribution is 8.01. The van der Waals surface area contributed by atoms with Crippen LogP contribution in [0.1, 0.15) is 58.4 Å². The lowest BCUT2D eigenvalue weighted by molar-refractivity contribution is -0.134. The van der Waals surface area contributed by atoms with Crippen molar-refractivity contribution < 1.29 is 4.79 Å². The SMILES string of the molecule is CC(C)c1ccc(Nc2nnc(SCC(=O)N3[C@H](C)CCC[C@@H]3C)s2)cc1. The molecule has 2 aromatic rings. The fourth-order valence-electron chi connectivity index (χ4n) is 3.50. The molecule has 1 aromatic carbocycles. The largest absolute Gasteiger partial charge is 0.337 e. The van der Waals surface area contributed by atoms with Gasteiger partial charge in [-0.25, -0.2) is 0 Å². The number of likely N-dealkylation sites (tertiary alicyclic amines) is 1. The lowest BCUT2D eigenvalue weighted by Crippen LogP contribution is -2.48. The maximum atomic E-state index is 12.6. The first-order valence-corrected chi connectivity index (χ1v) is 11.4. The minimum absolute atomic E-state index is 0.202. The monoisotopic (exact) mass is 404 g/mol. The van der Waals surface area contributed by atoms with Crippen molar-refractivity contribution in [3.63, 3.8) is 0 Å². The highest BCUT2D eigenvalue weighted by Crippen LogP contribution is 2.30. The van der Waals surface area contributed by atoms with E-state index in [1.165, 1.54) is 35.1 Å². The molecule has 0 radical (unpaired) electrons. The van der Waals surface area contributed by atoms with Crippen LogP contribution < -0.4 is 5.32 Å². The van der Waals surface area contributed by atoms with Crippen LogP contribution in [0.25, 0.3) is 0 Å². The smallest absolute Gasteiger partial charge is 0.233 e. The molecule has 2 heterocycles. The van der Waals surface area contributed by atoms with E-state index in [0.717, 1.165) is 28.0 Å². The number of nitrogens with zero attached hydrogens (tertiary/aromatic N) is 3.